The van der Waals surface area contributed by atoms with Gasteiger partial charge in [0, 0.05) is 24.3 Å². The van der Waals surface area contributed by atoms with E-state index in [2.05, 4.69) is 65.5 Å². The molecule has 3 aromatic rings. The van der Waals surface area contributed by atoms with Crippen molar-refractivity contribution in [3.8, 4) is 16.8 Å². The van der Waals surface area contributed by atoms with E-state index in [4.69, 9.17) is 0 Å². The molecule has 0 bridgehead atoms. The van der Waals surface area contributed by atoms with E-state index >= 15 is 0 Å². The number of hydrogen-bond acceptors (Lipinski definition) is 0. The van der Waals surface area contributed by atoms with Crippen LogP contribution in [0.4, 0.5) is 0 Å². The Bertz CT molecular complexity index is 575. The molecule has 1 nitrogen and oxygen atoms in total. The zero-order valence-electron chi connectivity index (χ0n) is 10.0. The molecular formula is C17H14N+. The Hall–Kier alpha value is -2.41. The third kappa shape index (κ3) is 2.16. The molecule has 0 aliphatic heterocycles. The summed E-state index contributed by atoms with van der Waals surface area (Å²) in [6, 6.07) is 25.1. The second-order valence-corrected chi connectivity index (χ2v) is 4.20. The lowest BCUT2D eigenvalue weighted by atomic mass is 10.1. The first-order chi connectivity index (χ1) is 8.93. The summed E-state index contributed by atoms with van der Waals surface area (Å²) in [5.41, 5.74) is 3.66. The second-order valence-electron chi connectivity index (χ2n) is 4.20. The highest BCUT2D eigenvalue weighted by molar-refractivity contribution is 5.64. The van der Waals surface area contributed by atoms with Crippen LogP contribution in [0.15, 0.2) is 85.2 Å². The van der Waals surface area contributed by atoms with E-state index < -0.39 is 0 Å². The third-order valence-corrected chi connectivity index (χ3v) is 2.97. The van der Waals surface area contributed by atoms with Gasteiger partial charge in [0.25, 0.3) is 0 Å². The normalized spacial score (nSPS) is 10.2. The van der Waals surface area contributed by atoms with E-state index in [0.29, 0.717) is 0 Å². The van der Waals surface area contributed by atoms with E-state index in [9.17, 15) is 0 Å². The van der Waals surface area contributed by atoms with Crippen LogP contribution in [0.3, 0.4) is 0 Å². The summed E-state index contributed by atoms with van der Waals surface area (Å²) in [5.74, 6) is 0. The molecule has 0 spiro atoms. The maximum atomic E-state index is 2.20. The number of rotatable bonds is 2. The molecule has 0 saturated heterocycles. The summed E-state index contributed by atoms with van der Waals surface area (Å²) in [4.78, 5) is 0. The van der Waals surface area contributed by atoms with Gasteiger partial charge in [-0.1, -0.05) is 48.5 Å². The molecular weight excluding hydrogens is 218 g/mol. The lowest BCUT2D eigenvalue weighted by Crippen LogP contribution is -2.28. The molecule has 0 aliphatic rings. The van der Waals surface area contributed by atoms with Gasteiger partial charge in [0.1, 0.15) is 0 Å². The summed E-state index contributed by atoms with van der Waals surface area (Å²) in [7, 11) is 0. The Balaban J connectivity index is 2.05. The van der Waals surface area contributed by atoms with Crippen molar-refractivity contribution in [1.29, 1.82) is 0 Å². The first-order valence-corrected chi connectivity index (χ1v) is 6.06. The van der Waals surface area contributed by atoms with Crippen molar-refractivity contribution < 1.29 is 4.57 Å². The van der Waals surface area contributed by atoms with E-state index in [1.165, 1.54) is 16.8 Å². The Morgan fingerprint density at radius 2 is 1.22 bits per heavy atom. The SMILES string of the molecule is c1ccc(-c2cccc(-[n+]3ccccc3)c2)cc1. The lowest BCUT2D eigenvalue weighted by molar-refractivity contribution is -0.595. The predicted molar refractivity (Wildman–Crippen MR) is 73.4 cm³/mol. The number of hydrogen-bond donors (Lipinski definition) is 0. The fourth-order valence-corrected chi connectivity index (χ4v) is 2.05. The maximum absolute atomic E-state index is 2.20. The first-order valence-electron chi connectivity index (χ1n) is 6.06. The van der Waals surface area contributed by atoms with Crippen LogP contribution in [0.25, 0.3) is 16.8 Å². The topological polar surface area (TPSA) is 3.88 Å². The summed E-state index contributed by atoms with van der Waals surface area (Å²) in [6.45, 7) is 0. The average molecular weight is 232 g/mol. The van der Waals surface area contributed by atoms with Gasteiger partial charge in [-0.15, -0.1) is 0 Å². The van der Waals surface area contributed by atoms with Gasteiger partial charge in [0.2, 0.25) is 5.69 Å². The first kappa shape index (κ1) is 10.7. The van der Waals surface area contributed by atoms with Crippen molar-refractivity contribution in [2.75, 3.05) is 0 Å². The third-order valence-electron chi connectivity index (χ3n) is 2.97. The molecule has 0 aliphatic carbocycles. The van der Waals surface area contributed by atoms with Crippen LogP contribution in [-0.2, 0) is 0 Å². The Morgan fingerprint density at radius 1 is 0.556 bits per heavy atom. The molecule has 0 amide bonds. The zero-order chi connectivity index (χ0) is 12.2. The molecule has 0 fully saturated rings. The summed E-state index contributed by atoms with van der Waals surface area (Å²) in [6.07, 6.45) is 4.12. The van der Waals surface area contributed by atoms with Crippen LogP contribution in [-0.4, -0.2) is 0 Å². The Labute approximate surface area is 107 Å². The maximum Gasteiger partial charge on any atom is 0.211 e. The lowest BCUT2D eigenvalue weighted by Gasteiger charge is -2.02. The molecule has 0 atom stereocenters. The van der Waals surface area contributed by atoms with E-state index in [-0.39, 0.29) is 0 Å². The number of nitrogens with zero attached hydrogens (tertiary/aromatic N) is 1. The minimum absolute atomic E-state index is 1.18. The highest BCUT2D eigenvalue weighted by Crippen LogP contribution is 2.19. The van der Waals surface area contributed by atoms with Crippen molar-refractivity contribution in [1.82, 2.24) is 0 Å². The number of benzene rings is 2. The summed E-state index contributed by atoms with van der Waals surface area (Å²) < 4.78 is 2.12. The summed E-state index contributed by atoms with van der Waals surface area (Å²) in [5, 5.41) is 0. The van der Waals surface area contributed by atoms with Crippen LogP contribution >= 0.6 is 0 Å². The van der Waals surface area contributed by atoms with Gasteiger partial charge in [-0.3, -0.25) is 0 Å². The van der Waals surface area contributed by atoms with Crippen LogP contribution in [0.5, 0.6) is 0 Å². The average Bonchev–Trinajstić information content (AvgIpc) is 2.49. The number of aromatic nitrogens is 1. The van der Waals surface area contributed by atoms with Crippen LogP contribution in [0, 0.1) is 0 Å². The van der Waals surface area contributed by atoms with E-state index in [1.807, 2.05) is 24.3 Å². The van der Waals surface area contributed by atoms with Gasteiger partial charge in [-0.05, 0) is 11.1 Å². The molecule has 1 aromatic heterocycles. The largest absolute Gasteiger partial charge is 0.211 e. The minimum atomic E-state index is 1.18. The Kier molecular flexibility index (Phi) is 2.89. The van der Waals surface area contributed by atoms with Crippen LogP contribution in [0.2, 0.25) is 0 Å². The van der Waals surface area contributed by atoms with Crippen molar-refractivity contribution in [3.05, 3.63) is 85.2 Å². The van der Waals surface area contributed by atoms with Gasteiger partial charge >= 0.3 is 0 Å². The van der Waals surface area contributed by atoms with Crippen molar-refractivity contribution in [3.63, 3.8) is 0 Å². The smallest absolute Gasteiger partial charge is 0.167 e. The molecule has 1 heterocycles. The van der Waals surface area contributed by atoms with Crippen molar-refractivity contribution in [2.24, 2.45) is 0 Å². The van der Waals surface area contributed by atoms with E-state index in [1.54, 1.807) is 0 Å². The van der Waals surface area contributed by atoms with Gasteiger partial charge in [0.05, 0.1) is 0 Å². The second kappa shape index (κ2) is 4.84. The zero-order valence-corrected chi connectivity index (χ0v) is 10.0. The van der Waals surface area contributed by atoms with Crippen molar-refractivity contribution in [2.45, 2.75) is 0 Å². The molecule has 0 radical (unpaired) electrons. The fourth-order valence-electron chi connectivity index (χ4n) is 2.05. The van der Waals surface area contributed by atoms with Crippen molar-refractivity contribution >= 4 is 0 Å². The van der Waals surface area contributed by atoms with Crippen LogP contribution < -0.4 is 4.57 Å². The minimum Gasteiger partial charge on any atom is -0.167 e. The molecule has 0 N–H and O–H groups in total. The standard InChI is InChI=1S/C17H14N/c1-3-8-15(9-4-1)16-10-7-11-17(14-16)18-12-5-2-6-13-18/h1-14H/q+1. The van der Waals surface area contributed by atoms with Gasteiger partial charge in [0.15, 0.2) is 12.4 Å². The molecule has 86 valence electrons. The molecule has 0 saturated carbocycles. The van der Waals surface area contributed by atoms with E-state index in [0.717, 1.165) is 0 Å². The highest BCUT2D eigenvalue weighted by atomic mass is 14.9. The molecule has 3 rings (SSSR count). The highest BCUT2D eigenvalue weighted by Gasteiger charge is 2.05. The van der Waals surface area contributed by atoms with Gasteiger partial charge < -0.3 is 0 Å². The number of pyridine rings is 1. The predicted octanol–water partition coefficient (Wildman–Crippen LogP) is 3.63. The Morgan fingerprint density at radius 3 is 2.00 bits per heavy atom. The summed E-state index contributed by atoms with van der Waals surface area (Å²) >= 11 is 0. The van der Waals surface area contributed by atoms with Crippen LogP contribution in [0.1, 0.15) is 0 Å². The monoisotopic (exact) mass is 232 g/mol. The van der Waals surface area contributed by atoms with Gasteiger partial charge in [-0.25, -0.2) is 0 Å². The molecule has 2 aromatic carbocycles. The molecule has 18 heavy (non-hydrogen) atoms. The van der Waals surface area contributed by atoms with Gasteiger partial charge in [-0.2, -0.15) is 4.57 Å². The molecule has 0 unspecified atom stereocenters. The quantitative estimate of drug-likeness (QED) is 0.594. The molecule has 1 heteroatoms. The fraction of sp³-hybridized carbons (Fsp3) is 0.